The van der Waals surface area contributed by atoms with Crippen LogP contribution in [-0.2, 0) is 4.79 Å². The maximum atomic E-state index is 10.3. The number of aryl methyl sites for hydroxylation is 1. The minimum Gasteiger partial charge on any atom is -0.481 e. The minimum atomic E-state index is -0.730. The molecule has 0 aliphatic heterocycles. The van der Waals surface area contributed by atoms with Gasteiger partial charge in [-0.25, -0.2) is 4.98 Å². The van der Waals surface area contributed by atoms with Gasteiger partial charge in [0.15, 0.2) is 0 Å². The molecule has 0 atom stereocenters. The number of carbonyl (C=O) groups is 1. The third-order valence-corrected chi connectivity index (χ3v) is 2.71. The molecule has 1 aromatic heterocycles. The molecule has 0 fully saturated rings. The van der Waals surface area contributed by atoms with Crippen LogP contribution in [0.5, 0.6) is 0 Å². The highest BCUT2D eigenvalue weighted by atomic mass is 16.4. The van der Waals surface area contributed by atoms with Gasteiger partial charge in [0.25, 0.3) is 0 Å². The number of carboxylic acid groups (broad SMARTS) is 1. The van der Waals surface area contributed by atoms with Crippen molar-refractivity contribution in [3.05, 3.63) is 23.4 Å². The van der Waals surface area contributed by atoms with E-state index in [2.05, 4.69) is 16.4 Å². The Hall–Kier alpha value is -2.09. The molecule has 0 unspecified atom stereocenters. The second-order valence-corrected chi connectivity index (χ2v) is 4.48. The van der Waals surface area contributed by atoms with Crippen molar-refractivity contribution in [3.8, 4) is 6.07 Å². The molecule has 0 radical (unpaired) electrons. The Kier molecular flexibility index (Phi) is 6.37. The van der Waals surface area contributed by atoms with Crippen molar-refractivity contribution >= 4 is 11.8 Å². The SMILES string of the molecule is Cc1cc(C#N)cc(NCCCCCCC(=O)O)n1. The van der Waals surface area contributed by atoms with E-state index in [1.807, 2.05) is 6.92 Å². The number of carboxylic acids is 1. The summed E-state index contributed by atoms with van der Waals surface area (Å²) in [5, 5.41) is 20.5. The van der Waals surface area contributed by atoms with Crippen LogP contribution in [0.3, 0.4) is 0 Å². The normalized spacial score (nSPS) is 9.89. The summed E-state index contributed by atoms with van der Waals surface area (Å²) in [5.74, 6) is -0.00629. The second kappa shape index (κ2) is 8.09. The van der Waals surface area contributed by atoms with Gasteiger partial charge >= 0.3 is 5.97 Å². The number of hydrogen-bond acceptors (Lipinski definition) is 4. The summed E-state index contributed by atoms with van der Waals surface area (Å²) in [5.41, 5.74) is 1.43. The molecule has 0 aliphatic carbocycles. The maximum absolute atomic E-state index is 10.3. The lowest BCUT2D eigenvalue weighted by molar-refractivity contribution is -0.137. The van der Waals surface area contributed by atoms with Crippen LogP contribution < -0.4 is 5.32 Å². The van der Waals surface area contributed by atoms with Crippen LogP contribution in [0.4, 0.5) is 5.82 Å². The molecule has 0 saturated carbocycles. The van der Waals surface area contributed by atoms with Gasteiger partial charge in [-0.15, -0.1) is 0 Å². The lowest BCUT2D eigenvalue weighted by Gasteiger charge is -2.06. The highest BCUT2D eigenvalue weighted by Crippen LogP contribution is 2.10. The largest absolute Gasteiger partial charge is 0.481 e. The van der Waals surface area contributed by atoms with Crippen molar-refractivity contribution in [3.63, 3.8) is 0 Å². The first-order valence-corrected chi connectivity index (χ1v) is 6.46. The third kappa shape index (κ3) is 6.41. The Balaban J connectivity index is 2.21. The lowest BCUT2D eigenvalue weighted by Crippen LogP contribution is -2.04. The number of nitriles is 1. The van der Waals surface area contributed by atoms with E-state index in [1.54, 1.807) is 12.1 Å². The van der Waals surface area contributed by atoms with E-state index in [4.69, 9.17) is 10.4 Å². The summed E-state index contributed by atoms with van der Waals surface area (Å²) < 4.78 is 0. The number of anilines is 1. The first-order chi connectivity index (χ1) is 9.11. The van der Waals surface area contributed by atoms with E-state index in [-0.39, 0.29) is 6.42 Å². The van der Waals surface area contributed by atoms with Crippen molar-refractivity contribution < 1.29 is 9.90 Å². The van der Waals surface area contributed by atoms with Crippen molar-refractivity contribution in [1.82, 2.24) is 4.98 Å². The highest BCUT2D eigenvalue weighted by molar-refractivity contribution is 5.66. The van der Waals surface area contributed by atoms with Gasteiger partial charge in [-0.1, -0.05) is 12.8 Å². The maximum Gasteiger partial charge on any atom is 0.303 e. The van der Waals surface area contributed by atoms with E-state index in [9.17, 15) is 4.79 Å². The predicted octanol–water partition coefficient (Wildman–Crippen LogP) is 2.71. The summed E-state index contributed by atoms with van der Waals surface area (Å²) in [6, 6.07) is 5.58. The third-order valence-electron chi connectivity index (χ3n) is 2.71. The standard InChI is InChI=1S/C14H19N3O2/c1-11-8-12(10-15)9-13(17-11)16-7-5-3-2-4-6-14(18)19/h8-9H,2-7H2,1H3,(H,16,17)(H,18,19). The molecular weight excluding hydrogens is 242 g/mol. The zero-order valence-electron chi connectivity index (χ0n) is 11.1. The first-order valence-electron chi connectivity index (χ1n) is 6.46. The van der Waals surface area contributed by atoms with Gasteiger partial charge in [0.05, 0.1) is 11.6 Å². The highest BCUT2D eigenvalue weighted by Gasteiger charge is 2.00. The van der Waals surface area contributed by atoms with Gasteiger partial charge in [-0.3, -0.25) is 4.79 Å². The average molecular weight is 261 g/mol. The van der Waals surface area contributed by atoms with Crippen LogP contribution in [0.2, 0.25) is 0 Å². The average Bonchev–Trinajstić information content (AvgIpc) is 2.36. The summed E-state index contributed by atoms with van der Waals surface area (Å²) >= 11 is 0. The first kappa shape index (κ1) is 15.0. The number of hydrogen-bond donors (Lipinski definition) is 2. The van der Waals surface area contributed by atoms with Gasteiger partial charge in [-0.05, 0) is 31.9 Å². The molecule has 0 bridgehead atoms. The minimum absolute atomic E-state index is 0.248. The summed E-state index contributed by atoms with van der Waals surface area (Å²) in [6.45, 7) is 2.65. The molecule has 0 saturated heterocycles. The summed E-state index contributed by atoms with van der Waals surface area (Å²) in [4.78, 5) is 14.6. The molecular formula is C14H19N3O2. The quantitative estimate of drug-likeness (QED) is 0.703. The van der Waals surface area contributed by atoms with Crippen molar-refractivity contribution in [2.24, 2.45) is 0 Å². The van der Waals surface area contributed by atoms with Crippen LogP contribution in [-0.4, -0.2) is 22.6 Å². The Labute approximate surface area is 113 Å². The Morgan fingerprint density at radius 2 is 2.11 bits per heavy atom. The molecule has 0 aromatic carbocycles. The second-order valence-electron chi connectivity index (χ2n) is 4.48. The monoisotopic (exact) mass is 261 g/mol. The molecule has 1 aromatic rings. The number of nitrogens with zero attached hydrogens (tertiary/aromatic N) is 2. The zero-order chi connectivity index (χ0) is 14.1. The van der Waals surface area contributed by atoms with E-state index in [1.165, 1.54) is 0 Å². The van der Waals surface area contributed by atoms with Crippen LogP contribution in [0, 0.1) is 18.3 Å². The fourth-order valence-corrected chi connectivity index (χ4v) is 1.79. The van der Waals surface area contributed by atoms with Gasteiger partial charge in [0.1, 0.15) is 5.82 Å². The van der Waals surface area contributed by atoms with E-state index >= 15 is 0 Å². The molecule has 1 heterocycles. The zero-order valence-corrected chi connectivity index (χ0v) is 11.1. The van der Waals surface area contributed by atoms with Crippen LogP contribution in [0.25, 0.3) is 0 Å². The number of nitrogens with one attached hydrogen (secondary N) is 1. The van der Waals surface area contributed by atoms with Crippen molar-refractivity contribution in [1.29, 1.82) is 5.26 Å². The number of aliphatic carboxylic acids is 1. The molecule has 0 amide bonds. The van der Waals surface area contributed by atoms with Crippen molar-refractivity contribution in [2.45, 2.75) is 39.0 Å². The number of aromatic nitrogens is 1. The fraction of sp³-hybridized carbons (Fsp3) is 0.500. The smallest absolute Gasteiger partial charge is 0.303 e. The van der Waals surface area contributed by atoms with Gasteiger partial charge < -0.3 is 10.4 Å². The van der Waals surface area contributed by atoms with E-state index in [0.717, 1.165) is 43.7 Å². The Bertz CT molecular complexity index is 466. The molecule has 102 valence electrons. The Morgan fingerprint density at radius 1 is 1.37 bits per heavy atom. The molecule has 5 heteroatoms. The summed E-state index contributed by atoms with van der Waals surface area (Å²) in [6.07, 6.45) is 3.88. The molecule has 0 spiro atoms. The predicted molar refractivity (Wildman–Crippen MR) is 72.9 cm³/mol. The fourth-order valence-electron chi connectivity index (χ4n) is 1.79. The van der Waals surface area contributed by atoms with Crippen LogP contribution >= 0.6 is 0 Å². The molecule has 5 nitrogen and oxygen atoms in total. The number of pyridine rings is 1. The topological polar surface area (TPSA) is 86.0 Å². The lowest BCUT2D eigenvalue weighted by atomic mass is 10.1. The molecule has 1 rings (SSSR count). The van der Waals surface area contributed by atoms with Gasteiger partial charge in [0, 0.05) is 18.7 Å². The van der Waals surface area contributed by atoms with Crippen LogP contribution in [0.15, 0.2) is 12.1 Å². The summed E-state index contributed by atoms with van der Waals surface area (Å²) in [7, 11) is 0. The van der Waals surface area contributed by atoms with E-state index < -0.39 is 5.97 Å². The molecule has 0 aliphatic rings. The number of unbranched alkanes of at least 4 members (excludes halogenated alkanes) is 3. The molecule has 2 N–H and O–H groups in total. The van der Waals surface area contributed by atoms with E-state index in [0.29, 0.717) is 5.56 Å². The van der Waals surface area contributed by atoms with Gasteiger partial charge in [0.2, 0.25) is 0 Å². The number of rotatable bonds is 8. The molecule has 19 heavy (non-hydrogen) atoms. The van der Waals surface area contributed by atoms with Crippen LogP contribution in [0.1, 0.15) is 43.4 Å². The van der Waals surface area contributed by atoms with Crippen molar-refractivity contribution in [2.75, 3.05) is 11.9 Å². The Morgan fingerprint density at radius 3 is 2.79 bits per heavy atom. The van der Waals surface area contributed by atoms with Gasteiger partial charge in [-0.2, -0.15) is 5.26 Å².